The molecule has 0 spiro atoms. The normalized spacial score (nSPS) is 16.8. The van der Waals surface area contributed by atoms with Crippen molar-refractivity contribution in [3.05, 3.63) is 23.5 Å². The lowest BCUT2D eigenvalue weighted by molar-refractivity contribution is 0.417. The third-order valence-electron chi connectivity index (χ3n) is 1.48. The molecule has 0 fully saturated rings. The van der Waals surface area contributed by atoms with E-state index in [1.807, 2.05) is 0 Å². The lowest BCUT2D eigenvalue weighted by atomic mass is 9.76. The predicted molar refractivity (Wildman–Crippen MR) is 45.2 cm³/mol. The van der Waals surface area contributed by atoms with Crippen LogP contribution in [0.5, 0.6) is 0 Å². The van der Waals surface area contributed by atoms with Gasteiger partial charge in [-0.05, 0) is 6.08 Å². The highest BCUT2D eigenvalue weighted by atomic mass is 32.1. The molecule has 0 aromatic heterocycles. The van der Waals surface area contributed by atoms with Crippen molar-refractivity contribution in [2.75, 3.05) is 0 Å². The van der Waals surface area contributed by atoms with E-state index in [0.717, 1.165) is 0 Å². The maximum atomic E-state index is 12.9. The SMILES string of the molecule is O=S=C1C=CC(B(O)O)=C(F)C1. The molecule has 0 saturated heterocycles. The summed E-state index contributed by atoms with van der Waals surface area (Å²) < 4.78 is 23.1. The smallest absolute Gasteiger partial charge is 0.423 e. The fourth-order valence-corrected chi connectivity index (χ4v) is 1.18. The van der Waals surface area contributed by atoms with Gasteiger partial charge in [0.15, 0.2) is 0 Å². The second-order valence-corrected chi connectivity index (χ2v) is 2.98. The maximum Gasteiger partial charge on any atom is 0.491 e. The first-order valence-electron chi connectivity index (χ1n) is 3.23. The van der Waals surface area contributed by atoms with E-state index in [4.69, 9.17) is 10.0 Å². The Labute approximate surface area is 72.4 Å². The van der Waals surface area contributed by atoms with Crippen LogP contribution in [0.1, 0.15) is 6.42 Å². The van der Waals surface area contributed by atoms with E-state index in [2.05, 4.69) is 0 Å². The van der Waals surface area contributed by atoms with E-state index < -0.39 is 12.9 Å². The fourth-order valence-electron chi connectivity index (χ4n) is 0.870. The molecule has 6 heteroatoms. The molecule has 3 nitrogen and oxygen atoms in total. The monoisotopic (exact) mass is 188 g/mol. The van der Waals surface area contributed by atoms with Crippen molar-refractivity contribution < 1.29 is 18.6 Å². The van der Waals surface area contributed by atoms with Crippen LogP contribution in [0.25, 0.3) is 0 Å². The van der Waals surface area contributed by atoms with E-state index in [0.29, 0.717) is 4.86 Å². The lowest BCUT2D eigenvalue weighted by Crippen LogP contribution is -2.18. The summed E-state index contributed by atoms with van der Waals surface area (Å²) in [4.78, 5) is 0.330. The molecule has 0 amide bonds. The van der Waals surface area contributed by atoms with E-state index in [-0.39, 0.29) is 23.1 Å². The van der Waals surface area contributed by atoms with Gasteiger partial charge in [0.25, 0.3) is 0 Å². The molecule has 12 heavy (non-hydrogen) atoms. The van der Waals surface area contributed by atoms with Gasteiger partial charge < -0.3 is 10.0 Å². The second-order valence-electron chi connectivity index (χ2n) is 2.29. The van der Waals surface area contributed by atoms with Gasteiger partial charge in [0.05, 0.1) is 16.1 Å². The Hall–Kier alpha value is -0.715. The highest BCUT2D eigenvalue weighted by molar-refractivity contribution is 7.66. The number of halogens is 1. The number of hydrogen-bond donors (Lipinski definition) is 2. The first kappa shape index (κ1) is 9.37. The van der Waals surface area contributed by atoms with Crippen LogP contribution in [0.15, 0.2) is 23.5 Å². The van der Waals surface area contributed by atoms with Crippen molar-refractivity contribution in [2.24, 2.45) is 0 Å². The van der Waals surface area contributed by atoms with E-state index in [1.165, 1.54) is 12.2 Å². The Morgan fingerprint density at radius 1 is 1.50 bits per heavy atom. The van der Waals surface area contributed by atoms with Gasteiger partial charge in [-0.2, -0.15) is 0 Å². The summed E-state index contributed by atoms with van der Waals surface area (Å²) in [5, 5.41) is 17.2. The third-order valence-corrected chi connectivity index (χ3v) is 1.97. The summed E-state index contributed by atoms with van der Waals surface area (Å²) in [6, 6.07) is 0. The molecule has 0 aromatic rings. The first-order valence-corrected chi connectivity index (χ1v) is 3.97. The summed E-state index contributed by atoms with van der Waals surface area (Å²) in [5.74, 6) is -0.661. The van der Waals surface area contributed by atoms with Gasteiger partial charge in [-0.3, -0.25) is 0 Å². The molecular formula is C6H6BFO3S. The van der Waals surface area contributed by atoms with Gasteiger partial charge in [-0.1, -0.05) is 6.08 Å². The van der Waals surface area contributed by atoms with Crippen molar-refractivity contribution in [3.8, 4) is 0 Å². The second kappa shape index (κ2) is 3.80. The number of rotatable bonds is 1. The molecule has 0 atom stereocenters. The van der Waals surface area contributed by atoms with Crippen LogP contribution in [-0.2, 0) is 11.3 Å². The van der Waals surface area contributed by atoms with Gasteiger partial charge in [0, 0.05) is 11.9 Å². The van der Waals surface area contributed by atoms with Crippen LogP contribution >= 0.6 is 0 Å². The third kappa shape index (κ3) is 1.91. The Bertz CT molecular complexity index is 304. The zero-order valence-electron chi connectivity index (χ0n) is 6.03. The summed E-state index contributed by atoms with van der Waals surface area (Å²) in [7, 11) is -1.81. The Morgan fingerprint density at radius 2 is 2.17 bits per heavy atom. The molecule has 0 unspecified atom stereocenters. The van der Waals surface area contributed by atoms with Crippen LogP contribution in [-0.4, -0.2) is 26.2 Å². The van der Waals surface area contributed by atoms with Crippen LogP contribution in [0.3, 0.4) is 0 Å². The maximum absolute atomic E-state index is 12.9. The Balaban J connectivity index is 2.95. The minimum absolute atomic E-state index is 0.141. The van der Waals surface area contributed by atoms with Crippen LogP contribution in [0, 0.1) is 0 Å². The molecule has 1 rings (SSSR count). The first-order chi connectivity index (χ1) is 5.65. The number of allylic oxidation sites excluding steroid dienone is 4. The quantitative estimate of drug-likeness (QED) is 0.433. The zero-order chi connectivity index (χ0) is 9.14. The highest BCUT2D eigenvalue weighted by Crippen LogP contribution is 2.18. The molecule has 0 saturated carbocycles. The lowest BCUT2D eigenvalue weighted by Gasteiger charge is -2.08. The van der Waals surface area contributed by atoms with Crippen LogP contribution in [0.4, 0.5) is 4.39 Å². The van der Waals surface area contributed by atoms with E-state index in [1.54, 1.807) is 0 Å². The standard InChI is InChI=1S/C6H6BFO3S/c8-6-3-4(12-11)1-2-5(6)7(9)10/h1-2,9-10H,3H2. The molecule has 64 valence electrons. The summed E-state index contributed by atoms with van der Waals surface area (Å²) in [6.45, 7) is 0. The van der Waals surface area contributed by atoms with Crippen molar-refractivity contribution in [3.63, 3.8) is 0 Å². The zero-order valence-corrected chi connectivity index (χ0v) is 6.84. The van der Waals surface area contributed by atoms with Crippen molar-refractivity contribution >= 4 is 23.2 Å². The van der Waals surface area contributed by atoms with Crippen molar-refractivity contribution in [1.82, 2.24) is 0 Å². The average Bonchev–Trinajstić information content (AvgIpc) is 2.03. The van der Waals surface area contributed by atoms with Gasteiger partial charge in [-0.15, -0.1) is 0 Å². The predicted octanol–water partition coefficient (Wildman–Crippen LogP) is -0.433. The highest BCUT2D eigenvalue weighted by Gasteiger charge is 2.21. The van der Waals surface area contributed by atoms with Gasteiger partial charge >= 0.3 is 7.12 Å². The van der Waals surface area contributed by atoms with Crippen LogP contribution in [0.2, 0.25) is 0 Å². The Morgan fingerprint density at radius 3 is 2.58 bits per heavy atom. The Kier molecular flexibility index (Phi) is 2.96. The molecule has 0 bridgehead atoms. The molecule has 2 N–H and O–H groups in total. The number of hydrogen-bond acceptors (Lipinski definition) is 3. The molecule has 0 heterocycles. The minimum atomic E-state index is -1.81. The van der Waals surface area contributed by atoms with Gasteiger partial charge in [-0.25, -0.2) is 8.60 Å². The summed E-state index contributed by atoms with van der Waals surface area (Å²) in [6.07, 6.45) is 2.44. The summed E-state index contributed by atoms with van der Waals surface area (Å²) >= 11 is 0.206. The van der Waals surface area contributed by atoms with Crippen molar-refractivity contribution in [2.45, 2.75) is 6.42 Å². The molecule has 1 aliphatic carbocycles. The van der Waals surface area contributed by atoms with Crippen molar-refractivity contribution in [1.29, 1.82) is 0 Å². The molecule has 0 aromatic carbocycles. The molecule has 0 radical (unpaired) electrons. The average molecular weight is 188 g/mol. The van der Waals surface area contributed by atoms with Gasteiger partial charge in [0.1, 0.15) is 5.83 Å². The molecule has 1 aliphatic rings. The minimum Gasteiger partial charge on any atom is -0.423 e. The van der Waals surface area contributed by atoms with E-state index in [9.17, 15) is 8.60 Å². The molecular weight excluding hydrogens is 182 g/mol. The van der Waals surface area contributed by atoms with Gasteiger partial charge in [0.2, 0.25) is 0 Å². The topological polar surface area (TPSA) is 57.5 Å². The van der Waals surface area contributed by atoms with E-state index >= 15 is 0 Å². The fraction of sp³-hybridized carbons (Fsp3) is 0.167. The summed E-state index contributed by atoms with van der Waals surface area (Å²) in [5.41, 5.74) is -0.173. The van der Waals surface area contributed by atoms with Crippen LogP contribution < -0.4 is 0 Å². The largest absolute Gasteiger partial charge is 0.491 e. The molecule has 0 aliphatic heterocycles.